The Morgan fingerprint density at radius 3 is 2.65 bits per heavy atom. The summed E-state index contributed by atoms with van der Waals surface area (Å²) in [4.78, 5) is 49.9. The van der Waals surface area contributed by atoms with Crippen LogP contribution in [0.2, 0.25) is 0 Å². The van der Waals surface area contributed by atoms with E-state index in [9.17, 15) is 34.5 Å². The number of carboxylic acid groups (broad SMARTS) is 2. The van der Waals surface area contributed by atoms with Gasteiger partial charge in [-0.3, -0.25) is 9.59 Å². The first-order chi connectivity index (χ1) is 15.6. The fourth-order valence-corrected chi connectivity index (χ4v) is 6.28. The van der Waals surface area contributed by atoms with E-state index in [0.29, 0.717) is 23.6 Å². The second-order valence-electron chi connectivity index (χ2n) is 8.57. The van der Waals surface area contributed by atoms with Crippen molar-refractivity contribution < 1.29 is 64.1 Å². The summed E-state index contributed by atoms with van der Waals surface area (Å²) in [5, 5.41) is 36.4. The maximum Gasteiger partial charge on any atom is 1.00 e. The summed E-state index contributed by atoms with van der Waals surface area (Å²) in [5.74, 6) is -4.08. The van der Waals surface area contributed by atoms with E-state index in [1.165, 1.54) is 41.8 Å². The molecule has 4 rings (SSSR count). The molecule has 1 aromatic carbocycles. The number of aliphatic hydroxyl groups is 1. The molecule has 6 atom stereocenters. The van der Waals surface area contributed by atoms with Crippen molar-refractivity contribution in [2.75, 3.05) is 11.9 Å². The minimum Gasteiger partial charge on any atom is -0.545 e. The molecule has 12 heteroatoms. The molecular formula is C22H24N3NaO7S. The predicted molar refractivity (Wildman–Crippen MR) is 117 cm³/mol. The van der Waals surface area contributed by atoms with Crippen LogP contribution in [-0.2, 0) is 14.4 Å². The van der Waals surface area contributed by atoms with Gasteiger partial charge in [0.2, 0.25) is 11.8 Å². The quantitative estimate of drug-likeness (QED) is 0.223. The van der Waals surface area contributed by atoms with Crippen LogP contribution >= 0.6 is 11.8 Å². The molecule has 3 heterocycles. The smallest absolute Gasteiger partial charge is 0.545 e. The molecule has 4 N–H and O–H groups in total. The van der Waals surface area contributed by atoms with Crippen LogP contribution in [0, 0.1) is 11.8 Å². The summed E-state index contributed by atoms with van der Waals surface area (Å²) in [6.07, 6.45) is -0.435. The van der Waals surface area contributed by atoms with Gasteiger partial charge in [-0.25, -0.2) is 4.79 Å². The Balaban J connectivity index is 0.00000324. The number of amides is 2. The van der Waals surface area contributed by atoms with Gasteiger partial charge in [-0.2, -0.15) is 0 Å². The Bertz CT molecular complexity index is 1060. The minimum atomic E-state index is -1.34. The average Bonchev–Trinajstić information content (AvgIpc) is 3.30. The van der Waals surface area contributed by atoms with Crippen molar-refractivity contribution in [3.8, 4) is 0 Å². The first-order valence-electron chi connectivity index (χ1n) is 10.6. The van der Waals surface area contributed by atoms with Crippen LogP contribution in [0.1, 0.15) is 30.6 Å². The van der Waals surface area contributed by atoms with E-state index in [1.54, 1.807) is 6.07 Å². The van der Waals surface area contributed by atoms with Crippen LogP contribution in [0.3, 0.4) is 0 Å². The van der Waals surface area contributed by atoms with Crippen LogP contribution in [0.5, 0.6) is 0 Å². The van der Waals surface area contributed by atoms with E-state index >= 15 is 0 Å². The number of nitrogens with zero attached hydrogens (tertiary/aromatic N) is 1. The normalized spacial score (nSPS) is 28.6. The molecule has 2 fully saturated rings. The van der Waals surface area contributed by atoms with Gasteiger partial charge in [0, 0.05) is 28.3 Å². The SMILES string of the molecule is CC(O)[C@H]1C(=O)N2C(C(=O)O)=C(SC3CN[C@H](C(=O)Nc4cccc(C(=O)[O-])c4)C3)[C@H](C)[C@H]12.[Na+]. The van der Waals surface area contributed by atoms with Gasteiger partial charge in [0.25, 0.3) is 0 Å². The Hall–Kier alpha value is -1.89. The molecule has 10 nitrogen and oxygen atoms in total. The van der Waals surface area contributed by atoms with Crippen molar-refractivity contribution in [3.05, 3.63) is 40.4 Å². The fourth-order valence-electron chi connectivity index (χ4n) is 4.80. The number of aromatic carboxylic acids is 1. The van der Waals surface area contributed by atoms with E-state index in [1.807, 2.05) is 6.92 Å². The molecule has 0 aliphatic carbocycles. The fraction of sp³-hybridized carbons (Fsp3) is 0.455. The molecule has 1 aromatic rings. The van der Waals surface area contributed by atoms with Crippen molar-refractivity contribution in [1.82, 2.24) is 10.2 Å². The molecule has 0 radical (unpaired) electrons. The van der Waals surface area contributed by atoms with E-state index in [0.717, 1.165) is 0 Å². The number of β-lactam (4-membered cyclic amide) rings is 1. The van der Waals surface area contributed by atoms with Gasteiger partial charge < -0.3 is 35.6 Å². The predicted octanol–water partition coefficient (Wildman–Crippen LogP) is -3.39. The zero-order valence-corrected chi connectivity index (χ0v) is 21.8. The molecule has 0 spiro atoms. The molecule has 2 saturated heterocycles. The van der Waals surface area contributed by atoms with Crippen molar-refractivity contribution in [3.63, 3.8) is 0 Å². The number of hydrogen-bond acceptors (Lipinski definition) is 8. The number of aliphatic carboxylic acids is 1. The van der Waals surface area contributed by atoms with E-state index in [2.05, 4.69) is 10.6 Å². The number of aliphatic hydroxyl groups excluding tert-OH is 1. The molecule has 34 heavy (non-hydrogen) atoms. The summed E-state index contributed by atoms with van der Waals surface area (Å²) in [5.41, 5.74) is 0.261. The average molecular weight is 498 g/mol. The third-order valence-electron chi connectivity index (χ3n) is 6.38. The van der Waals surface area contributed by atoms with Crippen LogP contribution in [0.4, 0.5) is 5.69 Å². The second-order valence-corrected chi connectivity index (χ2v) is 9.91. The standard InChI is InChI=1S/C22H25N3O7S.Na/c1-9-16-15(10(2)26)20(28)25(16)17(22(31)32)18(9)33-13-7-14(23-8-13)19(27)24-12-5-3-4-11(6-12)21(29)30;/h3-6,9-10,13-16,23,26H,7-8H2,1-2H3,(H,24,27)(H,29,30)(H,31,32);/q;+1/p-1/t9-,10?,13?,14+,15-,16-;/m1./s1. The van der Waals surface area contributed by atoms with E-state index in [4.69, 9.17) is 0 Å². The molecule has 2 unspecified atom stereocenters. The monoisotopic (exact) mass is 497 g/mol. The van der Waals surface area contributed by atoms with Gasteiger partial charge in [-0.15, -0.1) is 11.8 Å². The van der Waals surface area contributed by atoms with Crippen LogP contribution in [-0.4, -0.2) is 68.8 Å². The van der Waals surface area contributed by atoms with Gasteiger partial charge in [0.15, 0.2) is 0 Å². The Kier molecular flexibility index (Phi) is 8.16. The van der Waals surface area contributed by atoms with Crippen molar-refractivity contribution in [2.45, 2.75) is 43.7 Å². The maximum absolute atomic E-state index is 12.7. The summed E-state index contributed by atoms with van der Waals surface area (Å²) in [6, 6.07) is 4.86. The summed E-state index contributed by atoms with van der Waals surface area (Å²) in [7, 11) is 0. The number of benzene rings is 1. The summed E-state index contributed by atoms with van der Waals surface area (Å²) >= 11 is 1.35. The minimum absolute atomic E-state index is 0. The zero-order valence-electron chi connectivity index (χ0n) is 19.0. The largest absolute Gasteiger partial charge is 1.00 e. The molecular weight excluding hydrogens is 473 g/mol. The molecule has 0 saturated carbocycles. The Morgan fingerprint density at radius 2 is 2.03 bits per heavy atom. The molecule has 0 bridgehead atoms. The van der Waals surface area contributed by atoms with Gasteiger partial charge in [-0.1, -0.05) is 19.1 Å². The zero-order chi connectivity index (χ0) is 24.0. The maximum atomic E-state index is 12.7. The van der Waals surface area contributed by atoms with Gasteiger partial charge in [0.05, 0.1) is 30.1 Å². The summed E-state index contributed by atoms with van der Waals surface area (Å²) < 4.78 is 0. The number of carboxylic acids is 2. The number of nitrogens with one attached hydrogen (secondary N) is 2. The van der Waals surface area contributed by atoms with Crippen LogP contribution in [0.15, 0.2) is 34.9 Å². The van der Waals surface area contributed by atoms with Crippen molar-refractivity contribution in [1.29, 1.82) is 0 Å². The van der Waals surface area contributed by atoms with Gasteiger partial charge in [-0.05, 0) is 31.0 Å². The first kappa shape index (κ1) is 26.7. The van der Waals surface area contributed by atoms with E-state index in [-0.39, 0.29) is 69.8 Å². The second kappa shape index (κ2) is 10.4. The molecule has 3 aliphatic heterocycles. The number of hydrogen-bond donors (Lipinski definition) is 4. The van der Waals surface area contributed by atoms with Crippen molar-refractivity contribution in [2.24, 2.45) is 11.8 Å². The number of anilines is 1. The third kappa shape index (κ3) is 4.77. The molecule has 0 aromatic heterocycles. The van der Waals surface area contributed by atoms with Crippen LogP contribution < -0.4 is 45.3 Å². The Morgan fingerprint density at radius 1 is 1.32 bits per heavy atom. The number of rotatable bonds is 7. The van der Waals surface area contributed by atoms with Crippen LogP contribution in [0.25, 0.3) is 0 Å². The Labute approximate surface area is 222 Å². The van der Waals surface area contributed by atoms with Gasteiger partial charge in [0.1, 0.15) is 5.70 Å². The first-order valence-corrected chi connectivity index (χ1v) is 11.5. The molecule has 2 amide bonds. The number of carbonyl (C=O) groups excluding carboxylic acids is 3. The van der Waals surface area contributed by atoms with Crippen molar-refractivity contribution >= 4 is 41.2 Å². The number of carbonyl (C=O) groups is 4. The number of fused-ring (bicyclic) bond motifs is 1. The molecule has 176 valence electrons. The van der Waals surface area contributed by atoms with E-state index < -0.39 is 30.0 Å². The molecule has 3 aliphatic rings. The third-order valence-corrected chi connectivity index (χ3v) is 7.89. The topological polar surface area (TPSA) is 159 Å². The van der Waals surface area contributed by atoms with Gasteiger partial charge >= 0.3 is 35.5 Å². The number of thioether (sulfide) groups is 1. The summed E-state index contributed by atoms with van der Waals surface area (Å²) in [6.45, 7) is 3.85.